The average Bonchev–Trinajstić information content (AvgIpc) is 3.77. The Balaban J connectivity index is 1.04. The molecule has 0 fully saturated rings. The van der Waals surface area contributed by atoms with Gasteiger partial charge in [0, 0.05) is 57.4 Å². The van der Waals surface area contributed by atoms with E-state index in [1.807, 2.05) is 22.7 Å². The molecule has 0 atom stereocenters. The predicted octanol–water partition coefficient (Wildman–Crippen LogP) is 14.9. The van der Waals surface area contributed by atoms with Gasteiger partial charge in [-0.15, -0.1) is 22.7 Å². The number of hydrogen-bond donors (Lipinski definition) is 0. The second-order valence-electron chi connectivity index (χ2n) is 12.9. The molecule has 0 aliphatic rings. The van der Waals surface area contributed by atoms with E-state index < -0.39 is 0 Å². The monoisotopic (exact) mass is 685 g/mol. The van der Waals surface area contributed by atoms with E-state index in [1.165, 1.54) is 73.7 Å². The number of benzene rings is 8. The Morgan fingerprint density at radius 1 is 0.294 bits per heavy atom. The van der Waals surface area contributed by atoms with Crippen LogP contribution in [-0.2, 0) is 0 Å². The smallest absolute Gasteiger partial charge is 0.0462 e. The minimum absolute atomic E-state index is 1.12. The average molecular weight is 686 g/mol. The van der Waals surface area contributed by atoms with Gasteiger partial charge in [0.2, 0.25) is 0 Å². The molecule has 0 bridgehead atoms. The van der Waals surface area contributed by atoms with E-state index >= 15 is 0 Å². The van der Waals surface area contributed by atoms with E-state index in [1.54, 1.807) is 0 Å². The minimum Gasteiger partial charge on any atom is -0.311 e. The summed E-state index contributed by atoms with van der Waals surface area (Å²) in [7, 11) is 0. The molecule has 0 unspecified atom stereocenters. The zero-order chi connectivity index (χ0) is 33.7. The van der Waals surface area contributed by atoms with Gasteiger partial charge in [0.25, 0.3) is 0 Å². The SMILES string of the molecule is c1ccc(-c2ccc(N(c3ccc(-c4ccc5sc6ccccc6c5c4)cc3)c3ccc(-c4cccc5c4sc4ccccc45)cc3)cc2)cc1. The third kappa shape index (κ3) is 5.30. The molecule has 0 radical (unpaired) electrons. The second-order valence-corrected chi connectivity index (χ2v) is 15.1. The van der Waals surface area contributed by atoms with Crippen molar-refractivity contribution in [2.75, 3.05) is 4.90 Å². The van der Waals surface area contributed by atoms with Crippen molar-refractivity contribution in [3.8, 4) is 33.4 Å². The number of thiophene rings is 2. The topological polar surface area (TPSA) is 3.24 Å². The van der Waals surface area contributed by atoms with Gasteiger partial charge in [-0.2, -0.15) is 0 Å². The molecule has 0 saturated heterocycles. The van der Waals surface area contributed by atoms with Gasteiger partial charge >= 0.3 is 0 Å². The van der Waals surface area contributed by atoms with Gasteiger partial charge in [0.1, 0.15) is 0 Å². The van der Waals surface area contributed by atoms with Crippen molar-refractivity contribution >= 4 is 80.1 Å². The number of fused-ring (bicyclic) bond motifs is 6. The van der Waals surface area contributed by atoms with E-state index in [9.17, 15) is 0 Å². The number of nitrogens with zero attached hydrogens (tertiary/aromatic N) is 1. The summed E-state index contributed by atoms with van der Waals surface area (Å²) in [5, 5.41) is 5.30. The maximum atomic E-state index is 2.36. The van der Waals surface area contributed by atoms with Crippen molar-refractivity contribution in [1.29, 1.82) is 0 Å². The molecule has 51 heavy (non-hydrogen) atoms. The van der Waals surface area contributed by atoms with Gasteiger partial charge in [-0.3, -0.25) is 0 Å². The molecule has 2 aromatic heterocycles. The number of anilines is 3. The first-order valence-electron chi connectivity index (χ1n) is 17.2. The van der Waals surface area contributed by atoms with Crippen molar-refractivity contribution < 1.29 is 0 Å². The first-order chi connectivity index (χ1) is 25.3. The fraction of sp³-hybridized carbons (Fsp3) is 0. The first-order valence-corrected chi connectivity index (χ1v) is 18.9. The summed E-state index contributed by atoms with van der Waals surface area (Å²) in [6, 6.07) is 68.6. The van der Waals surface area contributed by atoms with E-state index in [0.29, 0.717) is 0 Å². The fourth-order valence-corrected chi connectivity index (χ4v) is 9.68. The van der Waals surface area contributed by atoms with Crippen LogP contribution in [-0.4, -0.2) is 0 Å². The Labute approximate surface area is 304 Å². The number of hydrogen-bond acceptors (Lipinski definition) is 3. The molecule has 10 aromatic rings. The minimum atomic E-state index is 1.12. The largest absolute Gasteiger partial charge is 0.311 e. The van der Waals surface area contributed by atoms with Gasteiger partial charge < -0.3 is 4.90 Å². The maximum absolute atomic E-state index is 2.36. The van der Waals surface area contributed by atoms with E-state index in [2.05, 4.69) is 193 Å². The summed E-state index contributed by atoms with van der Waals surface area (Å²) in [4.78, 5) is 2.36. The molecule has 1 nitrogen and oxygen atoms in total. The van der Waals surface area contributed by atoms with Gasteiger partial charge in [0.05, 0.1) is 0 Å². The van der Waals surface area contributed by atoms with Crippen LogP contribution in [0.3, 0.4) is 0 Å². The van der Waals surface area contributed by atoms with Crippen molar-refractivity contribution in [2.45, 2.75) is 0 Å². The highest BCUT2D eigenvalue weighted by molar-refractivity contribution is 7.26. The quantitative estimate of drug-likeness (QED) is 0.168. The molecule has 0 N–H and O–H groups in total. The summed E-state index contributed by atoms with van der Waals surface area (Å²) >= 11 is 3.74. The van der Waals surface area contributed by atoms with E-state index in [0.717, 1.165) is 17.1 Å². The van der Waals surface area contributed by atoms with Crippen LogP contribution >= 0.6 is 22.7 Å². The van der Waals surface area contributed by atoms with Crippen LogP contribution in [0.25, 0.3) is 73.7 Å². The standard InChI is InChI=1S/C48H31NS2/c1-2-9-32(10-3-1)33-17-24-37(25-18-33)49(38-26-19-34(20-27-38)36-23-30-47-44(31-36)42-12-5-6-15-45(42)50-47)39-28-21-35(22-29-39)40-13-8-14-43-41-11-4-7-16-46(41)51-48(40)43/h1-31H. The van der Waals surface area contributed by atoms with Crippen LogP contribution in [0.15, 0.2) is 188 Å². The summed E-state index contributed by atoms with van der Waals surface area (Å²) in [5.41, 5.74) is 10.7. The van der Waals surface area contributed by atoms with Crippen LogP contribution in [0.5, 0.6) is 0 Å². The molecule has 0 saturated carbocycles. The third-order valence-electron chi connectivity index (χ3n) is 9.91. The Morgan fingerprint density at radius 3 is 1.43 bits per heavy atom. The lowest BCUT2D eigenvalue weighted by Gasteiger charge is -2.26. The highest BCUT2D eigenvalue weighted by atomic mass is 32.1. The van der Waals surface area contributed by atoms with Crippen LogP contribution in [0.4, 0.5) is 17.1 Å². The fourth-order valence-electron chi connectivity index (χ4n) is 7.35. The highest BCUT2D eigenvalue weighted by Gasteiger charge is 2.16. The van der Waals surface area contributed by atoms with Crippen molar-refractivity contribution in [1.82, 2.24) is 0 Å². The summed E-state index contributed by atoms with van der Waals surface area (Å²) in [5.74, 6) is 0. The van der Waals surface area contributed by atoms with Gasteiger partial charge in [-0.25, -0.2) is 0 Å². The zero-order valence-corrected chi connectivity index (χ0v) is 29.3. The molecule has 10 rings (SSSR count). The molecule has 3 heteroatoms. The summed E-state index contributed by atoms with van der Waals surface area (Å²) in [6.07, 6.45) is 0. The summed E-state index contributed by atoms with van der Waals surface area (Å²) in [6.45, 7) is 0. The third-order valence-corrected chi connectivity index (χ3v) is 12.3. The Morgan fingerprint density at radius 2 is 0.765 bits per heavy atom. The lowest BCUT2D eigenvalue weighted by atomic mass is 10.0. The molecule has 240 valence electrons. The Hall–Kier alpha value is -6.00. The molecular weight excluding hydrogens is 655 g/mol. The van der Waals surface area contributed by atoms with Crippen LogP contribution in [0, 0.1) is 0 Å². The van der Waals surface area contributed by atoms with E-state index in [-0.39, 0.29) is 0 Å². The first kappa shape index (κ1) is 29.9. The molecule has 0 amide bonds. The highest BCUT2D eigenvalue weighted by Crippen LogP contribution is 2.42. The predicted molar refractivity (Wildman–Crippen MR) is 223 cm³/mol. The zero-order valence-electron chi connectivity index (χ0n) is 27.7. The molecule has 8 aromatic carbocycles. The van der Waals surface area contributed by atoms with Crippen LogP contribution in [0.2, 0.25) is 0 Å². The van der Waals surface area contributed by atoms with Gasteiger partial charge in [-0.1, -0.05) is 127 Å². The maximum Gasteiger partial charge on any atom is 0.0462 e. The molecule has 0 aliphatic heterocycles. The van der Waals surface area contributed by atoms with Crippen LogP contribution < -0.4 is 4.90 Å². The normalized spacial score (nSPS) is 11.5. The van der Waals surface area contributed by atoms with Crippen molar-refractivity contribution in [2.24, 2.45) is 0 Å². The van der Waals surface area contributed by atoms with E-state index in [4.69, 9.17) is 0 Å². The molecule has 0 aliphatic carbocycles. The molecule has 0 spiro atoms. The lowest BCUT2D eigenvalue weighted by Crippen LogP contribution is -2.09. The second kappa shape index (κ2) is 12.4. The van der Waals surface area contributed by atoms with Crippen LogP contribution in [0.1, 0.15) is 0 Å². The molecular formula is C48H31NS2. The number of rotatable bonds is 6. The molecule has 2 heterocycles. The van der Waals surface area contributed by atoms with Crippen molar-refractivity contribution in [3.05, 3.63) is 188 Å². The lowest BCUT2D eigenvalue weighted by molar-refractivity contribution is 1.28. The Bertz CT molecular complexity index is 2830. The summed E-state index contributed by atoms with van der Waals surface area (Å²) < 4.78 is 5.33. The Kier molecular flexibility index (Phi) is 7.26. The van der Waals surface area contributed by atoms with Gasteiger partial charge in [-0.05, 0) is 94.0 Å². The van der Waals surface area contributed by atoms with Gasteiger partial charge in [0.15, 0.2) is 0 Å². The van der Waals surface area contributed by atoms with Crippen molar-refractivity contribution in [3.63, 3.8) is 0 Å².